The van der Waals surface area contributed by atoms with Crippen molar-refractivity contribution < 1.29 is 0 Å². The fourth-order valence-electron chi connectivity index (χ4n) is 3.34. The molecule has 0 amide bonds. The van der Waals surface area contributed by atoms with Gasteiger partial charge in [0.05, 0.1) is 23.8 Å². The monoisotopic (exact) mass is 322 g/mol. The molecular formula is C20H26N4. The Bertz CT molecular complexity index is 770. The molecule has 3 rings (SSSR count). The molecular weight excluding hydrogens is 296 g/mol. The van der Waals surface area contributed by atoms with Crippen molar-refractivity contribution >= 4 is 0 Å². The van der Waals surface area contributed by atoms with Crippen LogP contribution in [-0.4, -0.2) is 19.3 Å². The van der Waals surface area contributed by atoms with Gasteiger partial charge >= 0.3 is 0 Å². The van der Waals surface area contributed by atoms with Crippen LogP contribution in [0.5, 0.6) is 0 Å². The van der Waals surface area contributed by atoms with Crippen LogP contribution in [-0.2, 0) is 13.5 Å². The van der Waals surface area contributed by atoms with Crippen LogP contribution in [0.4, 0.5) is 0 Å². The molecule has 0 spiro atoms. The summed E-state index contributed by atoms with van der Waals surface area (Å²) in [6.45, 7) is 4.46. The molecule has 0 radical (unpaired) electrons. The van der Waals surface area contributed by atoms with E-state index in [1.54, 1.807) is 0 Å². The van der Waals surface area contributed by atoms with Gasteiger partial charge in [-0.05, 0) is 25.3 Å². The maximum atomic E-state index is 4.78. The normalized spacial score (nSPS) is 12.5. The van der Waals surface area contributed by atoms with Crippen molar-refractivity contribution in [2.24, 2.45) is 7.05 Å². The van der Waals surface area contributed by atoms with E-state index in [2.05, 4.69) is 59.9 Å². The molecule has 1 atom stereocenters. The van der Waals surface area contributed by atoms with Crippen molar-refractivity contribution in [1.29, 1.82) is 0 Å². The largest absolute Gasteiger partial charge is 0.325 e. The first-order valence-electron chi connectivity index (χ1n) is 8.85. The van der Waals surface area contributed by atoms with E-state index in [4.69, 9.17) is 4.98 Å². The van der Waals surface area contributed by atoms with Crippen LogP contribution >= 0.6 is 0 Å². The minimum atomic E-state index is 0.273. The number of hydrogen-bond donors (Lipinski definition) is 0. The van der Waals surface area contributed by atoms with Gasteiger partial charge in [0.2, 0.25) is 0 Å². The molecule has 24 heavy (non-hydrogen) atoms. The van der Waals surface area contributed by atoms with Crippen LogP contribution in [0.25, 0.3) is 11.3 Å². The predicted octanol–water partition coefficient (Wildman–Crippen LogP) is 4.63. The Morgan fingerprint density at radius 1 is 1.08 bits per heavy atom. The number of aryl methyl sites for hydroxylation is 1. The van der Waals surface area contributed by atoms with Gasteiger partial charge in [-0.1, -0.05) is 50.6 Å². The van der Waals surface area contributed by atoms with Crippen LogP contribution in [0.15, 0.2) is 48.9 Å². The summed E-state index contributed by atoms with van der Waals surface area (Å²) in [6, 6.07) is 12.9. The predicted molar refractivity (Wildman–Crippen MR) is 97.9 cm³/mol. The van der Waals surface area contributed by atoms with Crippen LogP contribution in [0.1, 0.15) is 50.5 Å². The fourth-order valence-corrected chi connectivity index (χ4v) is 3.34. The Hall–Kier alpha value is -2.36. The first-order chi connectivity index (χ1) is 11.8. The van der Waals surface area contributed by atoms with Crippen molar-refractivity contribution in [3.05, 3.63) is 60.3 Å². The number of unbranched alkanes of at least 4 members (excludes halogenated alkanes) is 1. The number of aromatic nitrogens is 4. The highest BCUT2D eigenvalue weighted by Gasteiger charge is 2.21. The molecule has 0 saturated heterocycles. The minimum absolute atomic E-state index is 0.273. The van der Waals surface area contributed by atoms with Crippen molar-refractivity contribution in [3.63, 3.8) is 0 Å². The van der Waals surface area contributed by atoms with Crippen molar-refractivity contribution in [2.75, 3.05) is 0 Å². The molecule has 2 aromatic heterocycles. The summed E-state index contributed by atoms with van der Waals surface area (Å²) in [7, 11) is 2.01. The van der Waals surface area contributed by atoms with Gasteiger partial charge in [0.15, 0.2) is 0 Å². The van der Waals surface area contributed by atoms with E-state index >= 15 is 0 Å². The minimum Gasteiger partial charge on any atom is -0.325 e. The molecule has 0 bridgehead atoms. The zero-order valence-corrected chi connectivity index (χ0v) is 14.8. The molecule has 0 fully saturated rings. The average molecular weight is 322 g/mol. The van der Waals surface area contributed by atoms with Crippen molar-refractivity contribution in [3.8, 4) is 11.3 Å². The Balaban J connectivity index is 2.07. The standard InChI is InChI=1S/C20H26N4/c1-4-6-12-19-20(16-10-8-7-9-11-16)21-15-24(19)17(5-2)18-13-14-22-23(18)3/h7-11,13-15,17H,4-6,12H2,1-3H3/t17-/m0/s1. The van der Waals surface area contributed by atoms with Gasteiger partial charge in [0.25, 0.3) is 0 Å². The molecule has 4 nitrogen and oxygen atoms in total. The molecule has 0 unspecified atom stereocenters. The van der Waals surface area contributed by atoms with Crippen LogP contribution < -0.4 is 0 Å². The molecule has 0 N–H and O–H groups in total. The molecule has 0 aliphatic carbocycles. The Morgan fingerprint density at radius 2 is 1.88 bits per heavy atom. The summed E-state index contributed by atoms with van der Waals surface area (Å²) in [6.07, 6.45) is 8.31. The molecule has 3 aromatic rings. The van der Waals surface area contributed by atoms with Crippen LogP contribution in [0.2, 0.25) is 0 Å². The van der Waals surface area contributed by atoms with E-state index in [1.165, 1.54) is 29.8 Å². The van der Waals surface area contributed by atoms with E-state index in [1.807, 2.05) is 24.3 Å². The van der Waals surface area contributed by atoms with Crippen molar-refractivity contribution in [1.82, 2.24) is 19.3 Å². The van der Waals surface area contributed by atoms with E-state index in [0.717, 1.165) is 18.5 Å². The average Bonchev–Trinajstić information content (AvgIpc) is 3.22. The Kier molecular flexibility index (Phi) is 5.14. The second-order valence-corrected chi connectivity index (χ2v) is 6.22. The molecule has 0 aliphatic heterocycles. The fraction of sp³-hybridized carbons (Fsp3) is 0.400. The van der Waals surface area contributed by atoms with Gasteiger partial charge in [0.1, 0.15) is 0 Å². The van der Waals surface area contributed by atoms with Crippen LogP contribution in [0, 0.1) is 0 Å². The second-order valence-electron chi connectivity index (χ2n) is 6.22. The first kappa shape index (κ1) is 16.5. The maximum absolute atomic E-state index is 4.78. The number of nitrogens with zero attached hydrogens (tertiary/aromatic N) is 4. The lowest BCUT2D eigenvalue weighted by atomic mass is 10.0. The van der Waals surface area contributed by atoms with E-state index in [9.17, 15) is 0 Å². The SMILES string of the molecule is CCCCc1c(-c2ccccc2)ncn1[C@@H](CC)c1ccnn1C. The zero-order chi connectivity index (χ0) is 16.9. The highest BCUT2D eigenvalue weighted by Crippen LogP contribution is 2.30. The number of rotatable bonds is 7. The van der Waals surface area contributed by atoms with Gasteiger partial charge in [-0.25, -0.2) is 4.98 Å². The zero-order valence-electron chi connectivity index (χ0n) is 14.8. The topological polar surface area (TPSA) is 35.6 Å². The highest BCUT2D eigenvalue weighted by molar-refractivity contribution is 5.62. The summed E-state index contributed by atoms with van der Waals surface area (Å²) in [4.78, 5) is 4.78. The van der Waals surface area contributed by atoms with Gasteiger partial charge in [-0.2, -0.15) is 5.10 Å². The molecule has 4 heteroatoms. The smallest absolute Gasteiger partial charge is 0.0962 e. The van der Waals surface area contributed by atoms with E-state index in [0.29, 0.717) is 0 Å². The van der Waals surface area contributed by atoms with Gasteiger partial charge in [-0.3, -0.25) is 4.68 Å². The second kappa shape index (κ2) is 7.47. The van der Waals surface area contributed by atoms with Gasteiger partial charge < -0.3 is 4.57 Å². The van der Waals surface area contributed by atoms with E-state index < -0.39 is 0 Å². The lowest BCUT2D eigenvalue weighted by Gasteiger charge is -2.20. The number of imidazole rings is 1. The lowest BCUT2D eigenvalue weighted by Crippen LogP contribution is -2.15. The van der Waals surface area contributed by atoms with Crippen LogP contribution in [0.3, 0.4) is 0 Å². The Morgan fingerprint density at radius 3 is 2.50 bits per heavy atom. The summed E-state index contributed by atoms with van der Waals surface area (Å²) in [5, 5.41) is 4.35. The lowest BCUT2D eigenvalue weighted by molar-refractivity contribution is 0.501. The maximum Gasteiger partial charge on any atom is 0.0962 e. The number of hydrogen-bond acceptors (Lipinski definition) is 2. The van der Waals surface area contributed by atoms with Gasteiger partial charge in [0, 0.05) is 24.5 Å². The third-order valence-electron chi connectivity index (χ3n) is 4.63. The van der Waals surface area contributed by atoms with Gasteiger partial charge in [-0.15, -0.1) is 0 Å². The molecule has 126 valence electrons. The quantitative estimate of drug-likeness (QED) is 0.636. The summed E-state index contributed by atoms with van der Waals surface area (Å²) < 4.78 is 4.33. The third-order valence-corrected chi connectivity index (χ3v) is 4.63. The molecule has 2 heterocycles. The Labute approximate surface area is 144 Å². The van der Waals surface area contributed by atoms with Crippen molar-refractivity contribution in [2.45, 2.75) is 45.6 Å². The summed E-state index contributed by atoms with van der Waals surface area (Å²) >= 11 is 0. The summed E-state index contributed by atoms with van der Waals surface area (Å²) in [5.74, 6) is 0. The molecule has 1 aromatic carbocycles. The first-order valence-corrected chi connectivity index (χ1v) is 8.85. The highest BCUT2D eigenvalue weighted by atomic mass is 15.3. The molecule has 0 aliphatic rings. The molecule has 0 saturated carbocycles. The number of benzene rings is 1. The van der Waals surface area contributed by atoms with E-state index in [-0.39, 0.29) is 6.04 Å². The third kappa shape index (κ3) is 3.14. The summed E-state index contributed by atoms with van der Waals surface area (Å²) in [5.41, 5.74) is 4.87.